The lowest BCUT2D eigenvalue weighted by Gasteiger charge is -2.30. The normalized spacial score (nSPS) is 34.6. The zero-order chi connectivity index (χ0) is 26.9. The van der Waals surface area contributed by atoms with Crippen molar-refractivity contribution in [3.63, 3.8) is 0 Å². The summed E-state index contributed by atoms with van der Waals surface area (Å²) in [7, 11) is -4.02. The van der Waals surface area contributed by atoms with Gasteiger partial charge >= 0.3 is 7.82 Å². The van der Waals surface area contributed by atoms with Crippen molar-refractivity contribution >= 4 is 36.4 Å². The fourth-order valence-electron chi connectivity index (χ4n) is 5.24. The Labute approximate surface area is 222 Å². The van der Waals surface area contributed by atoms with Crippen molar-refractivity contribution in [1.29, 1.82) is 0 Å². The van der Waals surface area contributed by atoms with Crippen LogP contribution < -0.4 is 5.73 Å². The average Bonchev–Trinajstić information content (AvgIpc) is 3.47. The summed E-state index contributed by atoms with van der Waals surface area (Å²) in [6.07, 6.45) is 0.476. The minimum atomic E-state index is -4.02. The third kappa shape index (κ3) is 4.40. The van der Waals surface area contributed by atoms with Gasteiger partial charge in [0.2, 0.25) is 0 Å². The summed E-state index contributed by atoms with van der Waals surface area (Å²) in [6.45, 7) is 5.34. The quantitative estimate of drug-likeness (QED) is 0.439. The number of rotatable bonds is 5. The molecule has 0 bridgehead atoms. The molecule has 0 amide bonds. The van der Waals surface area contributed by atoms with E-state index in [1.807, 2.05) is 6.92 Å². The molecule has 12 nitrogen and oxygen atoms in total. The number of hydrogen-bond acceptors (Lipinski definition) is 11. The minimum absolute atomic E-state index is 0.0160. The molecule has 0 saturated carbocycles. The molecule has 0 spiro atoms. The number of phosphoric acid groups is 1. The highest BCUT2D eigenvalue weighted by Crippen LogP contribution is 2.58. The van der Waals surface area contributed by atoms with Gasteiger partial charge in [0, 0.05) is 6.42 Å². The standard InChI is InChI=1S/C23H26ClFN5O7P/c1-22(2)35-18-16(9-33-38(31)32-7-6-15(36-38)12-4-5-13(24)14(25)8-12)34-21(23(18,3)37-22)30-11-29-17-19(26)27-10-28-20(17)30/h4-5,8,10-11,15-16,18,21H,6-7,9H2,1-3H3,(H2,26,27,28)/t15?,16-,18-,21-,23-,38?/m1/s1. The van der Waals surface area contributed by atoms with E-state index in [1.165, 1.54) is 18.5 Å². The smallest absolute Gasteiger partial charge is 0.382 e. The van der Waals surface area contributed by atoms with Crippen LogP contribution in [0.15, 0.2) is 30.9 Å². The van der Waals surface area contributed by atoms with Crippen molar-refractivity contribution in [3.8, 4) is 0 Å². The Balaban J connectivity index is 1.23. The molecule has 38 heavy (non-hydrogen) atoms. The third-order valence-corrected chi connectivity index (χ3v) is 8.59. The van der Waals surface area contributed by atoms with E-state index >= 15 is 0 Å². The number of benzene rings is 1. The monoisotopic (exact) mass is 569 g/mol. The van der Waals surface area contributed by atoms with Gasteiger partial charge in [0.25, 0.3) is 0 Å². The molecule has 15 heteroatoms. The highest BCUT2D eigenvalue weighted by molar-refractivity contribution is 7.48. The van der Waals surface area contributed by atoms with Crippen molar-refractivity contribution in [1.82, 2.24) is 19.5 Å². The number of fused-ring (bicyclic) bond motifs is 2. The van der Waals surface area contributed by atoms with E-state index in [0.717, 1.165) is 0 Å². The van der Waals surface area contributed by atoms with Crippen LogP contribution >= 0.6 is 19.4 Å². The summed E-state index contributed by atoms with van der Waals surface area (Å²) >= 11 is 5.79. The molecule has 3 fully saturated rings. The topological polar surface area (TPSA) is 142 Å². The molecule has 2 N–H and O–H groups in total. The van der Waals surface area contributed by atoms with Crippen molar-refractivity contribution < 1.29 is 36.7 Å². The lowest BCUT2D eigenvalue weighted by Crippen LogP contribution is -2.42. The Hall–Kier alpha value is -2.22. The first-order valence-corrected chi connectivity index (χ1v) is 13.8. The number of halogens is 2. The first kappa shape index (κ1) is 26.0. The van der Waals surface area contributed by atoms with Gasteiger partial charge in [0.05, 0.1) is 30.7 Å². The molecule has 1 aromatic carbocycles. The zero-order valence-corrected chi connectivity index (χ0v) is 22.4. The molecular weight excluding hydrogens is 544 g/mol. The molecule has 6 rings (SSSR count). The maximum Gasteiger partial charge on any atom is 0.475 e. The van der Waals surface area contributed by atoms with Crippen LogP contribution in [0.5, 0.6) is 0 Å². The molecule has 3 aliphatic heterocycles. The Morgan fingerprint density at radius 3 is 2.89 bits per heavy atom. The van der Waals surface area contributed by atoms with E-state index in [4.69, 9.17) is 45.1 Å². The Morgan fingerprint density at radius 1 is 1.29 bits per heavy atom. The van der Waals surface area contributed by atoms with Gasteiger partial charge in [0.1, 0.15) is 35.5 Å². The summed E-state index contributed by atoms with van der Waals surface area (Å²) in [5, 5.41) is -0.0160. The molecule has 3 saturated heterocycles. The highest BCUT2D eigenvalue weighted by atomic mass is 35.5. The van der Waals surface area contributed by atoms with Gasteiger partial charge in [-0.15, -0.1) is 0 Å². The van der Waals surface area contributed by atoms with Crippen LogP contribution in [-0.2, 0) is 32.3 Å². The largest absolute Gasteiger partial charge is 0.475 e. The predicted octanol–water partition coefficient (Wildman–Crippen LogP) is 4.31. The van der Waals surface area contributed by atoms with Gasteiger partial charge in [-0.25, -0.2) is 23.9 Å². The van der Waals surface area contributed by atoms with Crippen LogP contribution in [0.4, 0.5) is 10.2 Å². The zero-order valence-electron chi connectivity index (χ0n) is 20.7. The van der Waals surface area contributed by atoms with E-state index in [0.29, 0.717) is 23.1 Å². The van der Waals surface area contributed by atoms with Crippen molar-refractivity contribution in [3.05, 3.63) is 47.3 Å². The summed E-state index contributed by atoms with van der Waals surface area (Å²) in [6, 6.07) is 4.28. The van der Waals surface area contributed by atoms with E-state index < -0.39 is 49.6 Å². The van der Waals surface area contributed by atoms with Crippen LogP contribution in [0.3, 0.4) is 0 Å². The molecule has 0 radical (unpaired) electrons. The molecule has 2 unspecified atom stereocenters. The molecular formula is C23H26ClFN5O7P. The Morgan fingerprint density at radius 2 is 2.11 bits per heavy atom. The van der Waals surface area contributed by atoms with Crippen molar-refractivity contribution in [2.24, 2.45) is 0 Å². The number of aromatic nitrogens is 4. The van der Waals surface area contributed by atoms with E-state index in [2.05, 4.69) is 15.0 Å². The second-order valence-corrected chi connectivity index (χ2v) is 12.0. The molecule has 6 atom stereocenters. The lowest BCUT2D eigenvalue weighted by atomic mass is 9.96. The number of phosphoric ester groups is 1. The SMILES string of the molecule is CC1(C)O[C@@H]2[C@@H](COP3(=O)OCCC(c4ccc(Cl)c(F)c4)O3)O[C@@H](n3cnc4c(N)ncnc43)[C@]2(C)O1. The first-order chi connectivity index (χ1) is 18.0. The highest BCUT2D eigenvalue weighted by Gasteiger charge is 2.64. The van der Waals surface area contributed by atoms with Crippen LogP contribution in [-0.4, -0.2) is 56.3 Å². The molecule has 2 aromatic heterocycles. The number of anilines is 1. The summed E-state index contributed by atoms with van der Waals surface area (Å²) < 4.78 is 64.7. The third-order valence-electron chi connectivity index (χ3n) is 6.81. The maximum atomic E-state index is 14.0. The molecule has 5 heterocycles. The molecule has 0 aliphatic carbocycles. The van der Waals surface area contributed by atoms with E-state index in [-0.39, 0.29) is 24.1 Å². The number of imidazole rings is 1. The molecule has 3 aromatic rings. The number of nitrogens with zero attached hydrogens (tertiary/aromatic N) is 4. The van der Waals surface area contributed by atoms with Crippen molar-refractivity contribution in [2.75, 3.05) is 18.9 Å². The van der Waals surface area contributed by atoms with Gasteiger partial charge in [-0.1, -0.05) is 17.7 Å². The van der Waals surface area contributed by atoms with Crippen molar-refractivity contribution in [2.45, 2.75) is 63.1 Å². The van der Waals surface area contributed by atoms with Crippen LogP contribution in [0, 0.1) is 5.82 Å². The Kier molecular flexibility index (Phi) is 6.28. The number of ether oxygens (including phenoxy) is 3. The van der Waals surface area contributed by atoms with Gasteiger partial charge < -0.3 is 19.9 Å². The molecule has 3 aliphatic rings. The fraction of sp³-hybridized carbons (Fsp3) is 0.522. The van der Waals surface area contributed by atoms with Gasteiger partial charge in [-0.05, 0) is 38.5 Å². The second kappa shape index (κ2) is 9.17. The number of nitrogen functional groups attached to an aromatic ring is 1. The average molecular weight is 570 g/mol. The van der Waals surface area contributed by atoms with E-state index in [1.54, 1.807) is 30.8 Å². The second-order valence-electron chi connectivity index (χ2n) is 9.97. The maximum absolute atomic E-state index is 14.0. The molecule has 204 valence electrons. The Bertz CT molecular complexity index is 1440. The summed E-state index contributed by atoms with van der Waals surface area (Å²) in [4.78, 5) is 12.6. The fourth-order valence-corrected chi connectivity index (χ4v) is 6.75. The summed E-state index contributed by atoms with van der Waals surface area (Å²) in [5.41, 5.74) is 6.33. The van der Waals surface area contributed by atoms with Crippen LogP contribution in [0.25, 0.3) is 11.2 Å². The first-order valence-electron chi connectivity index (χ1n) is 12.0. The lowest BCUT2D eigenvalue weighted by molar-refractivity contribution is -0.217. The van der Waals surface area contributed by atoms with Gasteiger partial charge in [0.15, 0.2) is 23.5 Å². The van der Waals surface area contributed by atoms with E-state index in [9.17, 15) is 8.96 Å². The number of hydrogen-bond donors (Lipinski definition) is 1. The van der Waals surface area contributed by atoms with Gasteiger partial charge in [-0.3, -0.25) is 18.1 Å². The summed E-state index contributed by atoms with van der Waals surface area (Å²) in [5.74, 6) is -1.30. The van der Waals surface area contributed by atoms with Gasteiger partial charge in [-0.2, -0.15) is 0 Å². The van der Waals surface area contributed by atoms with Crippen LogP contribution in [0.1, 0.15) is 45.1 Å². The van der Waals surface area contributed by atoms with Crippen LogP contribution in [0.2, 0.25) is 5.02 Å². The minimum Gasteiger partial charge on any atom is -0.382 e. The predicted molar refractivity (Wildman–Crippen MR) is 131 cm³/mol. The number of nitrogens with two attached hydrogens (primary N) is 1.